The van der Waals surface area contributed by atoms with Crippen LogP contribution in [0.1, 0.15) is 16.7 Å². The van der Waals surface area contributed by atoms with Gasteiger partial charge in [0.25, 0.3) is 0 Å². The SMILES string of the molecule is C1=C2c3ccccc3CC2Oc2ccccc21. The lowest BCUT2D eigenvalue weighted by atomic mass is 10.0. The van der Waals surface area contributed by atoms with Crippen molar-refractivity contribution in [3.63, 3.8) is 0 Å². The lowest BCUT2D eigenvalue weighted by Gasteiger charge is -2.22. The van der Waals surface area contributed by atoms with Gasteiger partial charge in [0.2, 0.25) is 0 Å². The molecule has 0 bridgehead atoms. The Morgan fingerprint density at radius 2 is 1.76 bits per heavy atom. The average molecular weight is 220 g/mol. The lowest BCUT2D eigenvalue weighted by Crippen LogP contribution is -2.18. The summed E-state index contributed by atoms with van der Waals surface area (Å²) in [5.74, 6) is 1.01. The summed E-state index contributed by atoms with van der Waals surface area (Å²) in [6.07, 6.45) is 3.48. The van der Waals surface area contributed by atoms with Gasteiger partial charge >= 0.3 is 0 Å². The van der Waals surface area contributed by atoms with Gasteiger partial charge in [0.05, 0.1) is 0 Å². The minimum absolute atomic E-state index is 0.210. The van der Waals surface area contributed by atoms with Crippen molar-refractivity contribution in [2.75, 3.05) is 0 Å². The monoisotopic (exact) mass is 220 g/mol. The van der Waals surface area contributed by atoms with Crippen LogP contribution in [0.4, 0.5) is 0 Å². The molecule has 82 valence electrons. The van der Waals surface area contributed by atoms with E-state index in [4.69, 9.17) is 4.74 Å². The van der Waals surface area contributed by atoms with E-state index in [0.29, 0.717) is 0 Å². The van der Waals surface area contributed by atoms with E-state index in [1.807, 2.05) is 12.1 Å². The van der Waals surface area contributed by atoms with Crippen molar-refractivity contribution < 1.29 is 4.74 Å². The first-order valence-corrected chi connectivity index (χ1v) is 5.97. The Balaban J connectivity index is 1.91. The Morgan fingerprint density at radius 1 is 0.941 bits per heavy atom. The maximum Gasteiger partial charge on any atom is 0.128 e. The molecule has 0 spiro atoms. The second kappa shape index (κ2) is 3.24. The van der Waals surface area contributed by atoms with Crippen molar-refractivity contribution in [1.29, 1.82) is 0 Å². The molecule has 0 fully saturated rings. The molecule has 0 saturated carbocycles. The molecular weight excluding hydrogens is 208 g/mol. The summed E-state index contributed by atoms with van der Waals surface area (Å²) in [5, 5.41) is 0. The number of hydrogen-bond donors (Lipinski definition) is 0. The van der Waals surface area contributed by atoms with Gasteiger partial charge in [0, 0.05) is 17.6 Å². The molecule has 1 aliphatic carbocycles. The number of fused-ring (bicyclic) bond motifs is 4. The predicted molar refractivity (Wildman–Crippen MR) is 68.9 cm³/mol. The molecular formula is C16H12O. The molecule has 0 saturated heterocycles. The fourth-order valence-electron chi connectivity index (χ4n) is 2.77. The molecule has 0 radical (unpaired) electrons. The maximum absolute atomic E-state index is 6.07. The molecule has 1 heterocycles. The Kier molecular flexibility index (Phi) is 1.72. The van der Waals surface area contributed by atoms with Gasteiger partial charge in [-0.3, -0.25) is 0 Å². The molecule has 17 heavy (non-hydrogen) atoms. The summed E-state index contributed by atoms with van der Waals surface area (Å²) in [7, 11) is 0. The Labute approximate surface area is 100 Å². The van der Waals surface area contributed by atoms with Crippen LogP contribution in [0.3, 0.4) is 0 Å². The van der Waals surface area contributed by atoms with Crippen LogP contribution in [0, 0.1) is 0 Å². The van der Waals surface area contributed by atoms with Gasteiger partial charge in [-0.1, -0.05) is 42.5 Å². The topological polar surface area (TPSA) is 9.23 Å². The summed E-state index contributed by atoms with van der Waals surface area (Å²) in [5.41, 5.74) is 5.28. The highest BCUT2D eigenvalue weighted by Crippen LogP contribution is 2.41. The van der Waals surface area contributed by atoms with Crippen LogP contribution < -0.4 is 4.74 Å². The highest BCUT2D eigenvalue weighted by atomic mass is 16.5. The molecule has 4 rings (SSSR count). The smallest absolute Gasteiger partial charge is 0.128 e. The van der Waals surface area contributed by atoms with Gasteiger partial charge in [-0.05, 0) is 23.3 Å². The van der Waals surface area contributed by atoms with Crippen LogP contribution in [0.25, 0.3) is 11.6 Å². The second-order valence-corrected chi connectivity index (χ2v) is 4.61. The first kappa shape index (κ1) is 9.06. The quantitative estimate of drug-likeness (QED) is 0.659. The van der Waals surface area contributed by atoms with Crippen LogP contribution in [0.15, 0.2) is 48.5 Å². The van der Waals surface area contributed by atoms with Crippen molar-refractivity contribution >= 4 is 11.6 Å². The first-order valence-electron chi connectivity index (χ1n) is 5.97. The fraction of sp³-hybridized carbons (Fsp3) is 0.125. The molecule has 2 aliphatic rings. The highest BCUT2D eigenvalue weighted by molar-refractivity contribution is 5.90. The molecule has 0 N–H and O–H groups in total. The van der Waals surface area contributed by atoms with Crippen LogP contribution in [-0.4, -0.2) is 6.10 Å². The molecule has 1 nitrogen and oxygen atoms in total. The number of hydrogen-bond acceptors (Lipinski definition) is 1. The number of ether oxygens (including phenoxy) is 1. The second-order valence-electron chi connectivity index (χ2n) is 4.61. The third-order valence-electron chi connectivity index (χ3n) is 3.58. The highest BCUT2D eigenvalue weighted by Gasteiger charge is 2.31. The van der Waals surface area contributed by atoms with E-state index in [1.54, 1.807) is 0 Å². The molecule has 1 unspecified atom stereocenters. The van der Waals surface area contributed by atoms with Crippen LogP contribution in [-0.2, 0) is 6.42 Å². The van der Waals surface area contributed by atoms with E-state index >= 15 is 0 Å². The standard InChI is InChI=1S/C16H12O/c1-3-7-13-11(5-1)10-16-14(13)9-12-6-2-4-8-15(12)17-16/h1-9,16H,10H2. The van der Waals surface area contributed by atoms with E-state index in [-0.39, 0.29) is 6.10 Å². The molecule has 2 aromatic carbocycles. The Hall–Kier alpha value is -2.02. The van der Waals surface area contributed by atoms with Gasteiger partial charge in [-0.15, -0.1) is 0 Å². The van der Waals surface area contributed by atoms with Crippen molar-refractivity contribution in [3.05, 3.63) is 65.2 Å². The van der Waals surface area contributed by atoms with E-state index < -0.39 is 0 Å². The van der Waals surface area contributed by atoms with Crippen molar-refractivity contribution in [2.45, 2.75) is 12.5 Å². The molecule has 0 aromatic heterocycles. The van der Waals surface area contributed by atoms with Crippen LogP contribution >= 0.6 is 0 Å². The van der Waals surface area contributed by atoms with Gasteiger partial charge < -0.3 is 4.74 Å². The normalized spacial score (nSPS) is 19.8. The molecule has 1 aliphatic heterocycles. The largest absolute Gasteiger partial charge is 0.485 e. The third kappa shape index (κ3) is 1.26. The summed E-state index contributed by atoms with van der Waals surface area (Å²) in [4.78, 5) is 0. The van der Waals surface area contributed by atoms with Gasteiger partial charge in [0.15, 0.2) is 0 Å². The minimum Gasteiger partial charge on any atom is -0.485 e. The van der Waals surface area contributed by atoms with Crippen molar-refractivity contribution in [3.8, 4) is 5.75 Å². The Bertz CT molecular complexity index is 619. The number of rotatable bonds is 0. The summed E-state index contributed by atoms with van der Waals surface area (Å²) in [6, 6.07) is 16.8. The van der Waals surface area contributed by atoms with Gasteiger partial charge in [0.1, 0.15) is 11.9 Å². The molecule has 2 aromatic rings. The molecule has 0 amide bonds. The average Bonchev–Trinajstić information content (AvgIpc) is 2.73. The molecule has 1 heteroatoms. The zero-order valence-corrected chi connectivity index (χ0v) is 9.39. The van der Waals surface area contributed by atoms with Crippen molar-refractivity contribution in [1.82, 2.24) is 0 Å². The lowest BCUT2D eigenvalue weighted by molar-refractivity contribution is 0.262. The zero-order valence-electron chi connectivity index (χ0n) is 9.39. The van der Waals surface area contributed by atoms with Gasteiger partial charge in [-0.25, -0.2) is 0 Å². The minimum atomic E-state index is 0.210. The van der Waals surface area contributed by atoms with Crippen LogP contribution in [0.5, 0.6) is 5.75 Å². The summed E-state index contributed by atoms with van der Waals surface area (Å²) < 4.78 is 6.07. The maximum atomic E-state index is 6.07. The van der Waals surface area contributed by atoms with Gasteiger partial charge in [-0.2, -0.15) is 0 Å². The van der Waals surface area contributed by atoms with E-state index in [9.17, 15) is 0 Å². The van der Waals surface area contributed by atoms with Crippen molar-refractivity contribution in [2.24, 2.45) is 0 Å². The number of benzene rings is 2. The fourth-order valence-corrected chi connectivity index (χ4v) is 2.77. The first-order chi connectivity index (χ1) is 8.42. The number of para-hydroxylation sites is 1. The van der Waals surface area contributed by atoms with E-state index in [1.165, 1.54) is 22.3 Å². The Morgan fingerprint density at radius 3 is 2.76 bits per heavy atom. The van der Waals surface area contributed by atoms with E-state index in [2.05, 4.69) is 42.5 Å². The predicted octanol–water partition coefficient (Wildman–Crippen LogP) is 3.54. The molecule has 1 atom stereocenters. The third-order valence-corrected chi connectivity index (χ3v) is 3.58. The summed E-state index contributed by atoms with van der Waals surface area (Å²) in [6.45, 7) is 0. The zero-order chi connectivity index (χ0) is 11.2. The van der Waals surface area contributed by atoms with Crippen LogP contribution in [0.2, 0.25) is 0 Å². The van der Waals surface area contributed by atoms with E-state index in [0.717, 1.165) is 12.2 Å². The summed E-state index contributed by atoms with van der Waals surface area (Å²) >= 11 is 0.